The second kappa shape index (κ2) is 11.2. The molecule has 2 fully saturated rings. The minimum atomic E-state index is -0.0788. The Hall–Kier alpha value is -2.82. The number of benzene rings is 2. The normalized spacial score (nSPS) is 16.3. The lowest BCUT2D eigenvalue weighted by Crippen LogP contribution is -2.29. The SMILES string of the molecule is O=C(CCC1CCCC1)Nc1ccc(N2CCCC2)c(C(=O)NCCc2ccccc2)c1. The van der Waals surface area contributed by atoms with Crippen LogP contribution in [0.5, 0.6) is 0 Å². The molecule has 2 aromatic rings. The minimum Gasteiger partial charge on any atom is -0.371 e. The molecule has 170 valence electrons. The Bertz CT molecular complexity index is 900. The van der Waals surface area contributed by atoms with Gasteiger partial charge in [-0.3, -0.25) is 9.59 Å². The van der Waals surface area contributed by atoms with E-state index in [1.807, 2.05) is 36.4 Å². The lowest BCUT2D eigenvalue weighted by atomic mass is 10.0. The number of anilines is 2. The third-order valence-electron chi connectivity index (χ3n) is 6.77. The number of amides is 2. The molecule has 1 aliphatic carbocycles. The van der Waals surface area contributed by atoms with E-state index in [0.29, 0.717) is 30.1 Å². The molecule has 1 heterocycles. The quantitative estimate of drug-likeness (QED) is 0.574. The molecule has 2 amide bonds. The van der Waals surface area contributed by atoms with E-state index >= 15 is 0 Å². The van der Waals surface area contributed by atoms with Crippen LogP contribution in [-0.4, -0.2) is 31.4 Å². The summed E-state index contributed by atoms with van der Waals surface area (Å²) in [4.78, 5) is 27.9. The van der Waals surface area contributed by atoms with E-state index in [-0.39, 0.29) is 11.8 Å². The van der Waals surface area contributed by atoms with Gasteiger partial charge < -0.3 is 15.5 Å². The number of carbonyl (C=O) groups is 2. The molecule has 0 aromatic heterocycles. The van der Waals surface area contributed by atoms with Crippen molar-refractivity contribution < 1.29 is 9.59 Å². The van der Waals surface area contributed by atoms with Crippen LogP contribution in [0.15, 0.2) is 48.5 Å². The molecule has 2 aromatic carbocycles. The van der Waals surface area contributed by atoms with E-state index in [9.17, 15) is 9.59 Å². The van der Waals surface area contributed by atoms with Crippen molar-refractivity contribution in [3.05, 3.63) is 59.7 Å². The van der Waals surface area contributed by atoms with Crippen LogP contribution in [0.3, 0.4) is 0 Å². The highest BCUT2D eigenvalue weighted by Gasteiger charge is 2.21. The first-order chi connectivity index (χ1) is 15.7. The van der Waals surface area contributed by atoms with Gasteiger partial charge in [0.25, 0.3) is 5.91 Å². The van der Waals surface area contributed by atoms with Gasteiger partial charge in [-0.1, -0.05) is 56.0 Å². The minimum absolute atomic E-state index is 0.0428. The Balaban J connectivity index is 1.40. The van der Waals surface area contributed by atoms with Gasteiger partial charge in [0.15, 0.2) is 0 Å². The summed E-state index contributed by atoms with van der Waals surface area (Å²) in [5, 5.41) is 6.10. The maximum Gasteiger partial charge on any atom is 0.253 e. The summed E-state index contributed by atoms with van der Waals surface area (Å²) in [5.74, 6) is 0.662. The highest BCUT2D eigenvalue weighted by molar-refractivity contribution is 6.02. The van der Waals surface area contributed by atoms with Crippen molar-refractivity contribution >= 4 is 23.2 Å². The van der Waals surface area contributed by atoms with Crippen LogP contribution in [0.2, 0.25) is 0 Å². The Kier molecular flexibility index (Phi) is 7.81. The van der Waals surface area contributed by atoms with E-state index < -0.39 is 0 Å². The summed E-state index contributed by atoms with van der Waals surface area (Å²) >= 11 is 0. The van der Waals surface area contributed by atoms with E-state index in [2.05, 4.69) is 27.7 Å². The average molecular weight is 434 g/mol. The second-order valence-corrected chi connectivity index (χ2v) is 9.15. The fourth-order valence-corrected chi connectivity index (χ4v) is 4.95. The largest absolute Gasteiger partial charge is 0.371 e. The van der Waals surface area contributed by atoms with Crippen LogP contribution in [-0.2, 0) is 11.2 Å². The molecule has 0 radical (unpaired) electrons. The highest BCUT2D eigenvalue weighted by Crippen LogP contribution is 2.30. The monoisotopic (exact) mass is 433 g/mol. The van der Waals surface area contributed by atoms with Crippen molar-refractivity contribution in [2.45, 2.75) is 57.8 Å². The first-order valence-corrected chi connectivity index (χ1v) is 12.2. The molecule has 5 nitrogen and oxygen atoms in total. The van der Waals surface area contributed by atoms with E-state index in [1.165, 1.54) is 31.2 Å². The van der Waals surface area contributed by atoms with E-state index in [4.69, 9.17) is 0 Å². The predicted octanol–water partition coefficient (Wildman–Crippen LogP) is 5.17. The zero-order valence-corrected chi connectivity index (χ0v) is 18.9. The highest BCUT2D eigenvalue weighted by atomic mass is 16.2. The second-order valence-electron chi connectivity index (χ2n) is 9.15. The molecule has 0 unspecified atom stereocenters. The molecule has 0 atom stereocenters. The molecular weight excluding hydrogens is 398 g/mol. The van der Waals surface area contributed by atoms with Gasteiger partial charge in [-0.2, -0.15) is 0 Å². The summed E-state index contributed by atoms with van der Waals surface area (Å²) in [6.45, 7) is 2.52. The first-order valence-electron chi connectivity index (χ1n) is 12.2. The predicted molar refractivity (Wildman–Crippen MR) is 130 cm³/mol. The fourth-order valence-electron chi connectivity index (χ4n) is 4.95. The number of nitrogens with one attached hydrogen (secondary N) is 2. The van der Waals surface area contributed by atoms with E-state index in [1.54, 1.807) is 0 Å². The Morgan fingerprint density at radius 1 is 0.938 bits per heavy atom. The number of carbonyl (C=O) groups excluding carboxylic acids is 2. The molecule has 2 aliphatic rings. The van der Waals surface area contributed by atoms with Gasteiger partial charge in [0.2, 0.25) is 5.91 Å². The Labute approximate surface area is 191 Å². The number of hydrogen-bond donors (Lipinski definition) is 2. The van der Waals surface area contributed by atoms with Crippen LogP contribution < -0.4 is 15.5 Å². The van der Waals surface area contributed by atoms with Crippen molar-refractivity contribution in [3.8, 4) is 0 Å². The van der Waals surface area contributed by atoms with Crippen LogP contribution in [0, 0.1) is 5.92 Å². The summed E-state index contributed by atoms with van der Waals surface area (Å²) in [5.41, 5.74) is 3.52. The van der Waals surface area contributed by atoms with Gasteiger partial charge in [0, 0.05) is 37.4 Å². The molecule has 1 saturated heterocycles. The standard InChI is InChI=1S/C27H35N3O2/c31-26(15-12-21-10-4-5-11-21)29-23-13-14-25(30-18-6-7-19-30)24(20-23)27(32)28-17-16-22-8-2-1-3-9-22/h1-3,8-9,13-14,20-21H,4-7,10-12,15-19H2,(H,28,32)(H,29,31). The number of rotatable bonds is 9. The first kappa shape index (κ1) is 22.4. The summed E-state index contributed by atoms with van der Waals surface area (Å²) in [7, 11) is 0. The lowest BCUT2D eigenvalue weighted by Gasteiger charge is -2.22. The Morgan fingerprint density at radius 3 is 2.44 bits per heavy atom. The Morgan fingerprint density at radius 2 is 1.69 bits per heavy atom. The molecule has 1 aliphatic heterocycles. The third kappa shape index (κ3) is 6.12. The summed E-state index contributed by atoms with van der Waals surface area (Å²) in [6, 6.07) is 15.9. The zero-order chi connectivity index (χ0) is 22.2. The number of hydrogen-bond acceptors (Lipinski definition) is 3. The van der Waals surface area contributed by atoms with Gasteiger partial charge in [0.1, 0.15) is 0 Å². The maximum atomic E-state index is 13.1. The molecule has 1 saturated carbocycles. The van der Waals surface area contributed by atoms with Crippen molar-refractivity contribution in [1.29, 1.82) is 0 Å². The maximum absolute atomic E-state index is 13.1. The summed E-state index contributed by atoms with van der Waals surface area (Å²) < 4.78 is 0. The molecule has 5 heteroatoms. The molecule has 32 heavy (non-hydrogen) atoms. The van der Waals surface area contributed by atoms with Crippen LogP contribution in [0.1, 0.15) is 67.3 Å². The van der Waals surface area contributed by atoms with Crippen molar-refractivity contribution in [1.82, 2.24) is 5.32 Å². The lowest BCUT2D eigenvalue weighted by molar-refractivity contribution is -0.116. The number of nitrogens with zero attached hydrogens (tertiary/aromatic N) is 1. The van der Waals surface area contributed by atoms with Crippen molar-refractivity contribution in [3.63, 3.8) is 0 Å². The van der Waals surface area contributed by atoms with Crippen molar-refractivity contribution in [2.75, 3.05) is 29.9 Å². The van der Waals surface area contributed by atoms with E-state index in [0.717, 1.165) is 44.5 Å². The third-order valence-corrected chi connectivity index (χ3v) is 6.77. The average Bonchev–Trinajstić information content (AvgIpc) is 3.53. The van der Waals surface area contributed by atoms with Gasteiger partial charge in [-0.05, 0) is 55.4 Å². The van der Waals surface area contributed by atoms with Gasteiger partial charge in [-0.15, -0.1) is 0 Å². The fraction of sp³-hybridized carbons (Fsp3) is 0.481. The van der Waals surface area contributed by atoms with Crippen LogP contribution >= 0.6 is 0 Å². The molecule has 4 rings (SSSR count). The van der Waals surface area contributed by atoms with Gasteiger partial charge in [0.05, 0.1) is 5.56 Å². The van der Waals surface area contributed by atoms with Crippen LogP contribution in [0.4, 0.5) is 11.4 Å². The molecular formula is C27H35N3O2. The topological polar surface area (TPSA) is 61.4 Å². The van der Waals surface area contributed by atoms with Crippen molar-refractivity contribution in [2.24, 2.45) is 5.92 Å². The van der Waals surface area contributed by atoms with Crippen LogP contribution in [0.25, 0.3) is 0 Å². The zero-order valence-electron chi connectivity index (χ0n) is 18.9. The molecule has 0 spiro atoms. The summed E-state index contributed by atoms with van der Waals surface area (Å²) in [6.07, 6.45) is 9.71. The van der Waals surface area contributed by atoms with Gasteiger partial charge in [-0.25, -0.2) is 0 Å². The molecule has 0 bridgehead atoms. The molecule has 2 N–H and O–H groups in total. The van der Waals surface area contributed by atoms with Gasteiger partial charge >= 0.3 is 0 Å². The smallest absolute Gasteiger partial charge is 0.253 e.